The van der Waals surface area contributed by atoms with Gasteiger partial charge in [-0.15, -0.1) is 0 Å². The second-order valence-electron chi connectivity index (χ2n) is 4.83. The topological polar surface area (TPSA) is 43.4 Å². The highest BCUT2D eigenvalue weighted by Crippen LogP contribution is 2.35. The van der Waals surface area contributed by atoms with Crippen molar-refractivity contribution < 1.29 is 18.3 Å². The molecule has 0 amide bonds. The van der Waals surface area contributed by atoms with Crippen molar-refractivity contribution >= 4 is 22.3 Å². The number of ether oxygens (including phenoxy) is 2. The summed E-state index contributed by atoms with van der Waals surface area (Å²) in [6.45, 7) is 0. The lowest BCUT2D eigenvalue weighted by atomic mass is 10.1. The summed E-state index contributed by atoms with van der Waals surface area (Å²) < 4.78 is 37.7. The van der Waals surface area contributed by atoms with Gasteiger partial charge in [0.2, 0.25) is 0 Å². The van der Waals surface area contributed by atoms with E-state index in [-0.39, 0.29) is 5.69 Å². The molecule has 1 heterocycles. The normalized spacial score (nSPS) is 10.6. The van der Waals surface area contributed by atoms with Gasteiger partial charge in [0.25, 0.3) is 0 Å². The Bertz CT molecular complexity index is 869. The van der Waals surface area contributed by atoms with E-state index in [1.807, 2.05) is 0 Å². The zero-order chi connectivity index (χ0) is 16.4. The lowest BCUT2D eigenvalue weighted by molar-refractivity contribution is 0.356. The zero-order valence-corrected chi connectivity index (χ0v) is 12.6. The zero-order valence-electron chi connectivity index (χ0n) is 12.6. The van der Waals surface area contributed by atoms with Crippen LogP contribution in [0.15, 0.2) is 42.6 Å². The van der Waals surface area contributed by atoms with Crippen molar-refractivity contribution in [3.63, 3.8) is 0 Å². The number of benzene rings is 2. The Morgan fingerprint density at radius 2 is 1.65 bits per heavy atom. The molecule has 3 aromatic rings. The van der Waals surface area contributed by atoms with E-state index in [4.69, 9.17) is 9.47 Å². The van der Waals surface area contributed by atoms with Crippen LogP contribution in [0.25, 0.3) is 10.9 Å². The number of hydrogen-bond donors (Lipinski definition) is 1. The summed E-state index contributed by atoms with van der Waals surface area (Å²) in [5, 5.41) is 3.60. The van der Waals surface area contributed by atoms with Crippen LogP contribution in [0, 0.1) is 11.6 Å². The van der Waals surface area contributed by atoms with Gasteiger partial charge in [0.05, 0.1) is 25.4 Å². The van der Waals surface area contributed by atoms with Crippen molar-refractivity contribution in [2.45, 2.75) is 0 Å². The largest absolute Gasteiger partial charge is 0.493 e. The predicted octanol–water partition coefficient (Wildman–Crippen LogP) is 4.27. The molecule has 2 aromatic carbocycles. The molecule has 0 spiro atoms. The molecule has 1 aromatic heterocycles. The van der Waals surface area contributed by atoms with Crippen molar-refractivity contribution in [2.24, 2.45) is 0 Å². The molecule has 0 saturated carbocycles. The van der Waals surface area contributed by atoms with Crippen LogP contribution in [-0.2, 0) is 0 Å². The Balaban J connectivity index is 2.12. The number of fused-ring (bicyclic) bond motifs is 1. The van der Waals surface area contributed by atoms with E-state index in [0.717, 1.165) is 18.2 Å². The average Bonchev–Trinajstić information content (AvgIpc) is 2.57. The minimum atomic E-state index is -0.545. The van der Waals surface area contributed by atoms with Crippen molar-refractivity contribution in [1.82, 2.24) is 4.98 Å². The van der Waals surface area contributed by atoms with E-state index in [2.05, 4.69) is 10.3 Å². The molecule has 0 radical (unpaired) electrons. The SMILES string of the molecule is COc1cc2nccc(Nc3cc(F)ccc3F)c2cc1OC. The molecule has 23 heavy (non-hydrogen) atoms. The number of nitrogens with one attached hydrogen (secondary N) is 1. The van der Waals surface area contributed by atoms with Crippen molar-refractivity contribution in [3.05, 3.63) is 54.2 Å². The van der Waals surface area contributed by atoms with Crippen molar-refractivity contribution in [1.29, 1.82) is 0 Å². The lowest BCUT2D eigenvalue weighted by Gasteiger charge is -2.13. The highest BCUT2D eigenvalue weighted by Gasteiger charge is 2.11. The smallest absolute Gasteiger partial charge is 0.162 e. The molecule has 0 fully saturated rings. The van der Waals surface area contributed by atoms with Crippen LogP contribution in [-0.4, -0.2) is 19.2 Å². The maximum atomic E-state index is 13.8. The molecular formula is C17H14F2N2O2. The van der Waals surface area contributed by atoms with Gasteiger partial charge < -0.3 is 14.8 Å². The van der Waals surface area contributed by atoms with Crippen LogP contribution >= 0.6 is 0 Å². The van der Waals surface area contributed by atoms with E-state index in [1.165, 1.54) is 14.2 Å². The third-order valence-corrected chi connectivity index (χ3v) is 3.44. The van der Waals surface area contributed by atoms with Gasteiger partial charge in [-0.1, -0.05) is 0 Å². The van der Waals surface area contributed by atoms with Crippen molar-refractivity contribution in [2.75, 3.05) is 19.5 Å². The van der Waals surface area contributed by atoms with Crippen LogP contribution in [0.2, 0.25) is 0 Å². The second-order valence-corrected chi connectivity index (χ2v) is 4.83. The van der Waals surface area contributed by atoms with Gasteiger partial charge in [-0.3, -0.25) is 4.98 Å². The number of pyridine rings is 1. The van der Waals surface area contributed by atoms with Crippen LogP contribution in [0.4, 0.5) is 20.2 Å². The summed E-state index contributed by atoms with van der Waals surface area (Å²) in [6, 6.07) is 8.38. The predicted molar refractivity (Wildman–Crippen MR) is 84.5 cm³/mol. The average molecular weight is 316 g/mol. The fourth-order valence-electron chi connectivity index (χ4n) is 2.32. The number of aromatic nitrogens is 1. The molecule has 0 saturated heterocycles. The first-order valence-electron chi connectivity index (χ1n) is 6.85. The monoisotopic (exact) mass is 316 g/mol. The quantitative estimate of drug-likeness (QED) is 0.780. The van der Waals surface area contributed by atoms with E-state index >= 15 is 0 Å². The third-order valence-electron chi connectivity index (χ3n) is 3.44. The molecule has 0 unspecified atom stereocenters. The fourth-order valence-corrected chi connectivity index (χ4v) is 2.32. The summed E-state index contributed by atoms with van der Waals surface area (Å²) in [6.07, 6.45) is 1.58. The molecule has 1 N–H and O–H groups in total. The van der Waals surface area contributed by atoms with E-state index < -0.39 is 11.6 Å². The highest BCUT2D eigenvalue weighted by molar-refractivity contribution is 5.95. The fraction of sp³-hybridized carbons (Fsp3) is 0.118. The van der Waals surface area contributed by atoms with Crippen molar-refractivity contribution in [3.8, 4) is 11.5 Å². The number of hydrogen-bond acceptors (Lipinski definition) is 4. The molecule has 118 valence electrons. The Hall–Kier alpha value is -2.89. The van der Waals surface area contributed by atoms with Gasteiger partial charge in [-0.05, 0) is 24.3 Å². The number of anilines is 2. The number of halogens is 2. The van der Waals surface area contributed by atoms with Crippen LogP contribution in [0.5, 0.6) is 11.5 Å². The van der Waals surface area contributed by atoms with Gasteiger partial charge in [-0.25, -0.2) is 8.78 Å². The maximum absolute atomic E-state index is 13.8. The van der Waals surface area contributed by atoms with Gasteiger partial charge in [-0.2, -0.15) is 0 Å². The molecular weight excluding hydrogens is 302 g/mol. The molecule has 3 rings (SSSR count). The Morgan fingerprint density at radius 3 is 2.39 bits per heavy atom. The molecule has 0 aliphatic rings. The Kier molecular flexibility index (Phi) is 3.97. The van der Waals surface area contributed by atoms with E-state index in [1.54, 1.807) is 24.4 Å². The lowest BCUT2D eigenvalue weighted by Crippen LogP contribution is -1.97. The second kappa shape index (κ2) is 6.08. The minimum absolute atomic E-state index is 0.0484. The molecule has 0 atom stereocenters. The summed E-state index contributed by atoms with van der Waals surface area (Å²) >= 11 is 0. The molecule has 0 aliphatic carbocycles. The van der Waals surface area contributed by atoms with Gasteiger partial charge in [0, 0.05) is 29.4 Å². The van der Waals surface area contributed by atoms with Gasteiger partial charge in [0.15, 0.2) is 11.5 Å². The highest BCUT2D eigenvalue weighted by atomic mass is 19.1. The first-order valence-corrected chi connectivity index (χ1v) is 6.85. The number of methoxy groups -OCH3 is 2. The third kappa shape index (κ3) is 2.88. The van der Waals surface area contributed by atoms with Crippen LogP contribution in [0.3, 0.4) is 0 Å². The first-order chi connectivity index (χ1) is 11.1. The van der Waals surface area contributed by atoms with E-state index in [9.17, 15) is 8.78 Å². The minimum Gasteiger partial charge on any atom is -0.493 e. The summed E-state index contributed by atoms with van der Waals surface area (Å²) in [4.78, 5) is 4.26. The summed E-state index contributed by atoms with van der Waals surface area (Å²) in [5.74, 6) is 0.000649. The Morgan fingerprint density at radius 1 is 0.913 bits per heavy atom. The van der Waals surface area contributed by atoms with E-state index in [0.29, 0.717) is 28.1 Å². The first kappa shape index (κ1) is 15.0. The summed E-state index contributed by atoms with van der Waals surface area (Å²) in [7, 11) is 3.06. The van der Waals surface area contributed by atoms with Crippen LogP contribution < -0.4 is 14.8 Å². The number of rotatable bonds is 4. The summed E-state index contributed by atoms with van der Waals surface area (Å²) in [5.41, 5.74) is 1.28. The number of nitrogens with zero attached hydrogens (tertiary/aromatic N) is 1. The Labute approximate surface area is 131 Å². The molecule has 0 aliphatic heterocycles. The molecule has 4 nitrogen and oxygen atoms in total. The molecule has 6 heteroatoms. The molecule has 0 bridgehead atoms. The standard InChI is InChI=1S/C17H14F2N2O2/c1-22-16-8-11-13(5-6-20-14(11)9-17(16)23-2)21-15-7-10(18)3-4-12(15)19/h3-9H,1-2H3,(H,20,21). The van der Waals surface area contributed by atoms with Gasteiger partial charge in [0.1, 0.15) is 11.6 Å². The van der Waals surface area contributed by atoms with Gasteiger partial charge >= 0.3 is 0 Å². The van der Waals surface area contributed by atoms with Crippen LogP contribution in [0.1, 0.15) is 0 Å². The maximum Gasteiger partial charge on any atom is 0.162 e.